The lowest BCUT2D eigenvalue weighted by Gasteiger charge is -2.29. The fourth-order valence-electron chi connectivity index (χ4n) is 4.11. The molecule has 1 aromatic heterocycles. The van der Waals surface area contributed by atoms with E-state index in [9.17, 15) is 9.59 Å². The number of benzene rings is 2. The van der Waals surface area contributed by atoms with E-state index in [4.69, 9.17) is 14.0 Å². The molecule has 3 aromatic rings. The van der Waals surface area contributed by atoms with Crippen LogP contribution in [-0.4, -0.2) is 54.3 Å². The number of anilines is 1. The van der Waals surface area contributed by atoms with Crippen molar-refractivity contribution in [1.82, 2.24) is 20.4 Å². The Kier molecular flexibility index (Phi) is 8.27. The molecule has 0 atom stereocenters. The summed E-state index contributed by atoms with van der Waals surface area (Å²) in [4.78, 5) is 31.4. The van der Waals surface area contributed by atoms with Crippen molar-refractivity contribution in [2.45, 2.75) is 45.6 Å². The summed E-state index contributed by atoms with van der Waals surface area (Å²) in [5, 5.41) is 9.75. The number of carbonyl (C=O) groups excluding carboxylic acids is 2. The first-order valence-corrected chi connectivity index (χ1v) is 12.4. The van der Waals surface area contributed by atoms with Crippen LogP contribution in [0.5, 0.6) is 11.5 Å². The zero-order valence-corrected chi connectivity index (χ0v) is 21.7. The molecule has 1 aliphatic heterocycles. The van der Waals surface area contributed by atoms with E-state index in [1.807, 2.05) is 26.0 Å². The van der Waals surface area contributed by atoms with Crippen molar-refractivity contribution in [1.29, 1.82) is 0 Å². The Morgan fingerprint density at radius 1 is 1.08 bits per heavy atom. The summed E-state index contributed by atoms with van der Waals surface area (Å²) in [6.07, 6.45) is 2.02. The van der Waals surface area contributed by atoms with Crippen molar-refractivity contribution in [3.05, 3.63) is 64.8 Å². The molecule has 0 aliphatic carbocycles. The largest absolute Gasteiger partial charge is 0.493 e. The predicted molar refractivity (Wildman–Crippen MR) is 138 cm³/mol. The zero-order valence-electron chi connectivity index (χ0n) is 21.7. The number of aromatic nitrogens is 2. The first kappa shape index (κ1) is 26.0. The van der Waals surface area contributed by atoms with E-state index in [2.05, 4.69) is 20.8 Å². The highest BCUT2D eigenvalue weighted by molar-refractivity contribution is 5.95. The minimum atomic E-state index is -0.195. The molecule has 2 aromatic carbocycles. The molecule has 0 fully saturated rings. The summed E-state index contributed by atoms with van der Waals surface area (Å²) in [5.41, 5.74) is 3.32. The molecule has 0 radical (unpaired) electrons. The summed E-state index contributed by atoms with van der Waals surface area (Å²) in [7, 11) is 3.21. The molecular formula is C27H33N5O5. The Hall–Kier alpha value is -4.08. The fraction of sp³-hybridized carbons (Fsp3) is 0.407. The summed E-state index contributed by atoms with van der Waals surface area (Å²) in [6, 6.07) is 10.5. The van der Waals surface area contributed by atoms with Gasteiger partial charge in [-0.1, -0.05) is 19.0 Å². The van der Waals surface area contributed by atoms with Crippen molar-refractivity contribution in [3.8, 4) is 11.5 Å². The van der Waals surface area contributed by atoms with Gasteiger partial charge in [0.05, 0.1) is 14.2 Å². The lowest BCUT2D eigenvalue weighted by molar-refractivity contribution is 0.0953. The van der Waals surface area contributed by atoms with Crippen LogP contribution in [0.15, 0.2) is 40.9 Å². The van der Waals surface area contributed by atoms with E-state index < -0.39 is 0 Å². The number of fused-ring (bicyclic) bond motifs is 1. The second kappa shape index (κ2) is 11.8. The topological polar surface area (TPSA) is 119 Å². The molecule has 0 saturated heterocycles. The minimum Gasteiger partial charge on any atom is -0.493 e. The minimum absolute atomic E-state index is 0.178. The van der Waals surface area contributed by atoms with Gasteiger partial charge in [-0.2, -0.15) is 4.98 Å². The quantitative estimate of drug-likeness (QED) is 0.417. The molecule has 4 rings (SSSR count). The first-order valence-electron chi connectivity index (χ1n) is 12.4. The van der Waals surface area contributed by atoms with E-state index in [1.54, 1.807) is 43.4 Å². The average molecular weight is 508 g/mol. The van der Waals surface area contributed by atoms with Gasteiger partial charge in [0.1, 0.15) is 0 Å². The van der Waals surface area contributed by atoms with Gasteiger partial charge in [0.15, 0.2) is 17.3 Å². The molecule has 1 aliphatic rings. The number of hydrogen-bond donors (Lipinski definition) is 2. The van der Waals surface area contributed by atoms with E-state index in [0.29, 0.717) is 66.9 Å². The molecule has 2 heterocycles. The monoisotopic (exact) mass is 507 g/mol. The van der Waals surface area contributed by atoms with Gasteiger partial charge < -0.3 is 29.5 Å². The maximum absolute atomic E-state index is 12.9. The van der Waals surface area contributed by atoms with Crippen molar-refractivity contribution in [2.75, 3.05) is 32.6 Å². The van der Waals surface area contributed by atoms with Crippen LogP contribution < -0.4 is 20.1 Å². The van der Waals surface area contributed by atoms with Crippen molar-refractivity contribution < 1.29 is 23.6 Å². The Morgan fingerprint density at radius 3 is 2.43 bits per heavy atom. The SMILES string of the molecule is COc1cc2c(cc1OC)CN(C(=O)Nc1ccc(C(=O)NCCCc3nc(C(C)C)no3)cc1)CC2. The third-order valence-corrected chi connectivity index (χ3v) is 6.26. The molecule has 10 heteroatoms. The average Bonchev–Trinajstić information content (AvgIpc) is 3.39. The molecule has 3 amide bonds. The number of amides is 3. The highest BCUT2D eigenvalue weighted by atomic mass is 16.5. The maximum Gasteiger partial charge on any atom is 0.322 e. The highest BCUT2D eigenvalue weighted by Crippen LogP contribution is 2.33. The molecule has 10 nitrogen and oxygen atoms in total. The van der Waals surface area contributed by atoms with Gasteiger partial charge in [-0.15, -0.1) is 0 Å². The first-order chi connectivity index (χ1) is 17.9. The summed E-state index contributed by atoms with van der Waals surface area (Å²) in [6.45, 7) is 5.58. The molecule has 0 spiro atoms. The van der Waals surface area contributed by atoms with Gasteiger partial charge in [-0.05, 0) is 60.4 Å². The maximum atomic E-state index is 12.9. The normalized spacial score (nSPS) is 12.7. The molecule has 2 N–H and O–H groups in total. The number of ether oxygens (including phenoxy) is 2. The van der Waals surface area contributed by atoms with Gasteiger partial charge >= 0.3 is 6.03 Å². The number of carbonyl (C=O) groups is 2. The molecule has 0 saturated carbocycles. The number of urea groups is 1. The van der Waals surface area contributed by atoms with Crippen LogP contribution in [0.25, 0.3) is 0 Å². The van der Waals surface area contributed by atoms with Crippen molar-refractivity contribution in [2.24, 2.45) is 0 Å². The lowest BCUT2D eigenvalue weighted by atomic mass is 9.99. The molecular weight excluding hydrogens is 474 g/mol. The predicted octanol–water partition coefficient (Wildman–Crippen LogP) is 4.16. The van der Waals surface area contributed by atoms with Gasteiger partial charge in [-0.3, -0.25) is 4.79 Å². The Bertz CT molecular complexity index is 1240. The van der Waals surface area contributed by atoms with Crippen molar-refractivity contribution >= 4 is 17.6 Å². The number of hydrogen-bond acceptors (Lipinski definition) is 7. The third-order valence-electron chi connectivity index (χ3n) is 6.26. The van der Waals surface area contributed by atoms with Gasteiger partial charge in [-0.25, -0.2) is 4.79 Å². The highest BCUT2D eigenvalue weighted by Gasteiger charge is 2.23. The summed E-state index contributed by atoms with van der Waals surface area (Å²) < 4.78 is 16.0. The van der Waals surface area contributed by atoms with Crippen molar-refractivity contribution in [3.63, 3.8) is 0 Å². The van der Waals surface area contributed by atoms with Gasteiger partial charge in [0.2, 0.25) is 5.89 Å². The zero-order chi connectivity index (χ0) is 26.4. The number of methoxy groups -OCH3 is 2. The molecule has 196 valence electrons. The Morgan fingerprint density at radius 2 is 1.78 bits per heavy atom. The van der Waals surface area contributed by atoms with E-state index in [1.165, 1.54) is 0 Å². The van der Waals surface area contributed by atoms with Crippen LogP contribution in [0.3, 0.4) is 0 Å². The van der Waals surface area contributed by atoms with Crippen LogP contribution >= 0.6 is 0 Å². The Balaban J connectivity index is 1.25. The fourth-order valence-corrected chi connectivity index (χ4v) is 4.11. The second-order valence-electron chi connectivity index (χ2n) is 9.22. The lowest BCUT2D eigenvalue weighted by Crippen LogP contribution is -2.38. The van der Waals surface area contributed by atoms with Crippen LogP contribution in [-0.2, 0) is 19.4 Å². The molecule has 37 heavy (non-hydrogen) atoms. The number of aryl methyl sites for hydroxylation is 1. The molecule has 0 bridgehead atoms. The summed E-state index contributed by atoms with van der Waals surface area (Å²) >= 11 is 0. The van der Waals surface area contributed by atoms with Crippen LogP contribution in [0, 0.1) is 0 Å². The van der Waals surface area contributed by atoms with Crippen LogP contribution in [0.2, 0.25) is 0 Å². The Labute approximate surface area is 216 Å². The standard InChI is InChI=1S/C27H33N5O5/c1-17(2)25-30-24(37-31-25)6-5-12-28-26(33)18-7-9-21(10-8-18)29-27(34)32-13-11-19-14-22(35-3)23(36-4)15-20(19)16-32/h7-10,14-15,17H,5-6,11-13,16H2,1-4H3,(H,28,33)(H,29,34). The second-order valence-corrected chi connectivity index (χ2v) is 9.22. The number of nitrogens with one attached hydrogen (secondary N) is 2. The van der Waals surface area contributed by atoms with Gasteiger partial charge in [0.25, 0.3) is 5.91 Å². The van der Waals surface area contributed by atoms with E-state index in [-0.39, 0.29) is 17.9 Å². The van der Waals surface area contributed by atoms with Crippen LogP contribution in [0.1, 0.15) is 59.4 Å². The van der Waals surface area contributed by atoms with E-state index >= 15 is 0 Å². The smallest absolute Gasteiger partial charge is 0.322 e. The number of nitrogens with zero attached hydrogens (tertiary/aromatic N) is 3. The third kappa shape index (κ3) is 6.38. The summed E-state index contributed by atoms with van der Waals surface area (Å²) in [5.74, 6) is 2.65. The van der Waals surface area contributed by atoms with Gasteiger partial charge in [0, 0.05) is 43.2 Å². The van der Waals surface area contributed by atoms with Crippen LogP contribution in [0.4, 0.5) is 10.5 Å². The molecule has 0 unspecified atom stereocenters. The van der Waals surface area contributed by atoms with E-state index in [0.717, 1.165) is 17.5 Å². The number of rotatable bonds is 9.